The number of nitrogens with zero attached hydrogens (tertiary/aromatic N) is 2. The molecule has 0 N–H and O–H groups in total. The highest BCUT2D eigenvalue weighted by atomic mass is 15.1. The molecule has 8 aromatic rings. The van der Waals surface area contributed by atoms with Crippen LogP contribution in [0.4, 0.5) is 34.1 Å². The second kappa shape index (κ2) is 15.1. The van der Waals surface area contributed by atoms with Crippen molar-refractivity contribution in [3.05, 3.63) is 241 Å². The SMILES string of the molecule is CC1(C)c2cc(N(c3ccccc3)c3ccc(C4(c5ccc(N(c6ccccc6)c6ccccc6)cc5)CC=CCC4)cc3)ccc2-c2c(-c3ccccc3)cccc21. The smallest absolute Gasteiger partial charge is 0.0465 e. The van der Waals surface area contributed by atoms with Crippen LogP contribution in [0, 0.1) is 0 Å². The summed E-state index contributed by atoms with van der Waals surface area (Å²) in [7, 11) is 0. The highest BCUT2D eigenvalue weighted by molar-refractivity contribution is 5.94. The number of anilines is 6. The van der Waals surface area contributed by atoms with Gasteiger partial charge in [-0.2, -0.15) is 0 Å². The number of fused-ring (bicyclic) bond motifs is 3. The molecule has 0 radical (unpaired) electrons. The molecule has 2 aliphatic rings. The van der Waals surface area contributed by atoms with E-state index in [1.807, 2.05) is 0 Å². The van der Waals surface area contributed by atoms with E-state index in [-0.39, 0.29) is 10.8 Å². The van der Waals surface area contributed by atoms with Gasteiger partial charge in [0.25, 0.3) is 0 Å². The van der Waals surface area contributed by atoms with Crippen LogP contribution in [0.5, 0.6) is 0 Å². The van der Waals surface area contributed by atoms with Crippen molar-refractivity contribution in [2.75, 3.05) is 9.80 Å². The first-order valence-electron chi connectivity index (χ1n) is 21.0. The molecule has 0 spiro atoms. The average molecular weight is 761 g/mol. The second-order valence-corrected chi connectivity index (χ2v) is 16.5. The molecule has 0 heterocycles. The minimum absolute atomic E-state index is 0.118. The third kappa shape index (κ3) is 6.46. The van der Waals surface area contributed by atoms with Crippen LogP contribution in [0.2, 0.25) is 0 Å². The molecule has 286 valence electrons. The van der Waals surface area contributed by atoms with Crippen LogP contribution in [0.25, 0.3) is 22.3 Å². The Morgan fingerprint density at radius 2 is 0.864 bits per heavy atom. The number of benzene rings is 8. The van der Waals surface area contributed by atoms with E-state index in [1.54, 1.807) is 0 Å². The highest BCUT2D eigenvalue weighted by Gasteiger charge is 2.38. The van der Waals surface area contributed by atoms with Gasteiger partial charge in [0.05, 0.1) is 0 Å². The minimum atomic E-state index is -0.146. The lowest BCUT2D eigenvalue weighted by Gasteiger charge is -2.37. The molecule has 1 atom stereocenters. The van der Waals surface area contributed by atoms with Crippen molar-refractivity contribution in [2.24, 2.45) is 0 Å². The lowest BCUT2D eigenvalue weighted by atomic mass is 9.67. The quantitative estimate of drug-likeness (QED) is 0.135. The summed E-state index contributed by atoms with van der Waals surface area (Å²) in [6.07, 6.45) is 7.83. The van der Waals surface area contributed by atoms with Crippen molar-refractivity contribution >= 4 is 34.1 Å². The standard InChI is InChI=1S/C57H48N2/c1-56(2)53-28-18-27-51(42-19-8-3-9-20-42)55(53)52-38-37-50(41-54(52)56)59(47-25-14-6-15-26-47)49-35-31-44(32-36-49)57(39-16-7-17-40-57)43-29-33-48(34-30-43)58(45-21-10-4-11-22-45)46-23-12-5-13-24-46/h3-16,18-38,41H,17,39-40H2,1-2H3. The van der Waals surface area contributed by atoms with Crippen molar-refractivity contribution in [1.82, 2.24) is 0 Å². The molecule has 8 aromatic carbocycles. The van der Waals surface area contributed by atoms with E-state index in [1.165, 1.54) is 44.5 Å². The zero-order valence-corrected chi connectivity index (χ0v) is 33.8. The largest absolute Gasteiger partial charge is 0.311 e. The number of allylic oxidation sites excluding steroid dienone is 2. The fraction of sp³-hybridized carbons (Fsp3) is 0.123. The Morgan fingerprint density at radius 1 is 0.390 bits per heavy atom. The van der Waals surface area contributed by atoms with Crippen LogP contribution < -0.4 is 9.80 Å². The Bertz CT molecular complexity index is 2700. The molecular weight excluding hydrogens is 713 g/mol. The van der Waals surface area contributed by atoms with Gasteiger partial charge in [-0.05, 0) is 137 Å². The Kier molecular flexibility index (Phi) is 9.34. The number of hydrogen-bond acceptors (Lipinski definition) is 2. The van der Waals surface area contributed by atoms with Crippen LogP contribution in [0.3, 0.4) is 0 Å². The molecule has 2 nitrogen and oxygen atoms in total. The normalized spacial score (nSPS) is 16.2. The maximum atomic E-state index is 2.44. The van der Waals surface area contributed by atoms with Gasteiger partial charge in [-0.15, -0.1) is 0 Å². The zero-order valence-electron chi connectivity index (χ0n) is 33.8. The van der Waals surface area contributed by atoms with Gasteiger partial charge in [0.15, 0.2) is 0 Å². The lowest BCUT2D eigenvalue weighted by Crippen LogP contribution is -2.29. The summed E-state index contributed by atoms with van der Waals surface area (Å²) in [6.45, 7) is 4.76. The van der Waals surface area contributed by atoms with Crippen molar-refractivity contribution in [3.63, 3.8) is 0 Å². The zero-order chi connectivity index (χ0) is 39.8. The molecule has 0 aliphatic heterocycles. The van der Waals surface area contributed by atoms with Gasteiger partial charge in [-0.3, -0.25) is 0 Å². The van der Waals surface area contributed by atoms with Gasteiger partial charge < -0.3 is 9.80 Å². The first kappa shape index (κ1) is 36.4. The third-order valence-electron chi connectivity index (χ3n) is 12.8. The van der Waals surface area contributed by atoms with Gasteiger partial charge in [-0.1, -0.05) is 159 Å². The molecule has 0 saturated heterocycles. The lowest BCUT2D eigenvalue weighted by molar-refractivity contribution is 0.465. The molecule has 0 amide bonds. The van der Waals surface area contributed by atoms with Crippen LogP contribution in [0.15, 0.2) is 218 Å². The van der Waals surface area contributed by atoms with Gasteiger partial charge in [0.1, 0.15) is 0 Å². The summed E-state index contributed by atoms with van der Waals surface area (Å²) in [4.78, 5) is 4.76. The second-order valence-electron chi connectivity index (χ2n) is 16.5. The first-order chi connectivity index (χ1) is 29.0. The van der Waals surface area contributed by atoms with Crippen LogP contribution in [-0.4, -0.2) is 0 Å². The van der Waals surface area contributed by atoms with Gasteiger partial charge in [0.2, 0.25) is 0 Å². The summed E-state index contributed by atoms with van der Waals surface area (Å²) >= 11 is 0. The fourth-order valence-corrected chi connectivity index (χ4v) is 9.78. The summed E-state index contributed by atoms with van der Waals surface area (Å²) in [5.41, 5.74) is 17.3. The maximum Gasteiger partial charge on any atom is 0.0465 e. The summed E-state index contributed by atoms with van der Waals surface area (Å²) < 4.78 is 0. The summed E-state index contributed by atoms with van der Waals surface area (Å²) in [5, 5.41) is 0. The predicted molar refractivity (Wildman–Crippen MR) is 249 cm³/mol. The Hall–Kier alpha value is -6.90. The predicted octanol–water partition coefficient (Wildman–Crippen LogP) is 15.6. The van der Waals surface area contributed by atoms with E-state index >= 15 is 0 Å². The Labute approximate surface area is 349 Å². The topological polar surface area (TPSA) is 6.48 Å². The van der Waals surface area contributed by atoms with Crippen LogP contribution in [0.1, 0.15) is 55.4 Å². The number of hydrogen-bond donors (Lipinski definition) is 0. The van der Waals surface area contributed by atoms with Gasteiger partial charge in [0, 0.05) is 45.0 Å². The van der Waals surface area contributed by atoms with Crippen LogP contribution >= 0.6 is 0 Å². The molecule has 2 aliphatic carbocycles. The fourth-order valence-electron chi connectivity index (χ4n) is 9.78. The molecular formula is C57H48N2. The molecule has 0 bridgehead atoms. The molecule has 0 fully saturated rings. The molecule has 1 unspecified atom stereocenters. The van der Waals surface area contributed by atoms with Crippen molar-refractivity contribution in [1.29, 1.82) is 0 Å². The maximum absolute atomic E-state index is 2.44. The first-order valence-corrected chi connectivity index (χ1v) is 21.0. The summed E-state index contributed by atoms with van der Waals surface area (Å²) in [5.74, 6) is 0. The van der Waals surface area contributed by atoms with Crippen molar-refractivity contribution in [2.45, 2.75) is 43.9 Å². The molecule has 59 heavy (non-hydrogen) atoms. The molecule has 0 aromatic heterocycles. The third-order valence-corrected chi connectivity index (χ3v) is 12.8. The van der Waals surface area contributed by atoms with Crippen LogP contribution in [-0.2, 0) is 10.8 Å². The van der Waals surface area contributed by atoms with E-state index in [0.29, 0.717) is 0 Å². The van der Waals surface area contributed by atoms with Crippen molar-refractivity contribution < 1.29 is 0 Å². The van der Waals surface area contributed by atoms with E-state index in [0.717, 1.165) is 53.4 Å². The minimum Gasteiger partial charge on any atom is -0.311 e. The molecule has 0 saturated carbocycles. The Morgan fingerprint density at radius 3 is 1.37 bits per heavy atom. The van der Waals surface area contributed by atoms with E-state index in [9.17, 15) is 0 Å². The molecule has 10 rings (SSSR count). The van der Waals surface area contributed by atoms with Crippen molar-refractivity contribution in [3.8, 4) is 22.3 Å². The van der Waals surface area contributed by atoms with E-state index < -0.39 is 0 Å². The van der Waals surface area contributed by atoms with Gasteiger partial charge >= 0.3 is 0 Å². The van der Waals surface area contributed by atoms with Gasteiger partial charge in [-0.25, -0.2) is 0 Å². The highest BCUT2D eigenvalue weighted by Crippen LogP contribution is 2.54. The number of rotatable bonds is 9. The Balaban J connectivity index is 1.02. The van der Waals surface area contributed by atoms with E-state index in [2.05, 4.69) is 242 Å². The van der Waals surface area contributed by atoms with E-state index in [4.69, 9.17) is 0 Å². The summed E-state index contributed by atoms with van der Waals surface area (Å²) in [6, 6.07) is 75.7. The monoisotopic (exact) mass is 760 g/mol. The average Bonchev–Trinajstić information content (AvgIpc) is 3.54. The molecule has 2 heteroatoms. The number of para-hydroxylation sites is 3.